The van der Waals surface area contributed by atoms with E-state index in [1.54, 1.807) is 0 Å². The van der Waals surface area contributed by atoms with Gasteiger partial charge < -0.3 is 4.74 Å². The molecule has 1 aliphatic heterocycles. The molecule has 262 valence electrons. The van der Waals surface area contributed by atoms with E-state index >= 15 is 0 Å². The topological polar surface area (TPSA) is 35.0 Å². The van der Waals surface area contributed by atoms with Gasteiger partial charge in [0, 0.05) is 27.8 Å². The third-order valence-electron chi connectivity index (χ3n) is 11.4. The van der Waals surface area contributed by atoms with E-state index in [-0.39, 0.29) is 0 Å². The zero-order chi connectivity index (χ0) is 37.1. The molecular formula is C53H34N2O. The lowest BCUT2D eigenvalue weighted by molar-refractivity contribution is 0.436. The number of hydrogen-bond donors (Lipinski definition) is 0. The summed E-state index contributed by atoms with van der Waals surface area (Å²) >= 11 is 0. The van der Waals surface area contributed by atoms with Gasteiger partial charge in [0.25, 0.3) is 0 Å². The maximum atomic E-state index is 6.75. The van der Waals surface area contributed by atoms with Crippen molar-refractivity contribution >= 4 is 0 Å². The molecule has 1 aliphatic carbocycles. The molecule has 9 aromatic rings. The molecule has 2 heterocycles. The third-order valence-corrected chi connectivity index (χ3v) is 11.4. The fourth-order valence-electron chi connectivity index (χ4n) is 8.80. The lowest BCUT2D eigenvalue weighted by atomic mass is 9.66. The summed E-state index contributed by atoms with van der Waals surface area (Å²) in [5.41, 5.74) is 16.5. The van der Waals surface area contributed by atoms with Crippen molar-refractivity contribution in [3.8, 4) is 78.8 Å². The first-order valence-corrected chi connectivity index (χ1v) is 19.1. The van der Waals surface area contributed by atoms with E-state index in [1.165, 1.54) is 33.4 Å². The Morgan fingerprint density at radius 2 is 0.732 bits per heavy atom. The zero-order valence-corrected chi connectivity index (χ0v) is 30.4. The van der Waals surface area contributed by atoms with Crippen LogP contribution in [0, 0.1) is 0 Å². The van der Waals surface area contributed by atoms with E-state index in [0.29, 0.717) is 5.82 Å². The number of benzene rings is 8. The van der Waals surface area contributed by atoms with Crippen LogP contribution in [0.2, 0.25) is 0 Å². The second-order valence-electron chi connectivity index (χ2n) is 14.5. The van der Waals surface area contributed by atoms with Gasteiger partial charge in [0.05, 0.1) is 16.8 Å². The molecule has 0 radical (unpaired) electrons. The van der Waals surface area contributed by atoms with Crippen LogP contribution >= 0.6 is 0 Å². The third kappa shape index (κ3) is 5.05. The Bertz CT molecular complexity index is 2810. The number of aromatic nitrogens is 2. The van der Waals surface area contributed by atoms with Crippen LogP contribution in [0.4, 0.5) is 0 Å². The quantitative estimate of drug-likeness (QED) is 0.178. The minimum Gasteiger partial charge on any atom is -0.457 e. The highest BCUT2D eigenvalue weighted by Crippen LogP contribution is 2.62. The molecule has 0 bridgehead atoms. The highest BCUT2D eigenvalue weighted by Gasteiger charge is 2.50. The van der Waals surface area contributed by atoms with Gasteiger partial charge in [0.1, 0.15) is 11.5 Å². The minimum atomic E-state index is -0.454. The number of nitrogens with zero attached hydrogens (tertiary/aromatic N) is 2. The van der Waals surface area contributed by atoms with Crippen LogP contribution in [0.25, 0.3) is 67.3 Å². The second-order valence-corrected chi connectivity index (χ2v) is 14.5. The molecule has 0 N–H and O–H groups in total. The zero-order valence-electron chi connectivity index (χ0n) is 30.4. The summed E-state index contributed by atoms with van der Waals surface area (Å²) in [7, 11) is 0. The van der Waals surface area contributed by atoms with E-state index in [0.717, 1.165) is 61.8 Å². The normalized spacial score (nSPS) is 12.9. The van der Waals surface area contributed by atoms with Gasteiger partial charge in [0.2, 0.25) is 0 Å². The van der Waals surface area contributed by atoms with Crippen LogP contribution in [-0.2, 0) is 5.41 Å². The van der Waals surface area contributed by atoms with Crippen molar-refractivity contribution in [2.75, 3.05) is 0 Å². The maximum Gasteiger partial charge on any atom is 0.160 e. The molecule has 1 spiro atoms. The maximum absolute atomic E-state index is 6.75. The van der Waals surface area contributed by atoms with E-state index in [9.17, 15) is 0 Å². The van der Waals surface area contributed by atoms with Gasteiger partial charge in [-0.25, -0.2) is 9.97 Å². The van der Waals surface area contributed by atoms with Gasteiger partial charge in [-0.15, -0.1) is 0 Å². The smallest absolute Gasteiger partial charge is 0.160 e. The van der Waals surface area contributed by atoms with Crippen LogP contribution in [0.15, 0.2) is 206 Å². The molecule has 56 heavy (non-hydrogen) atoms. The van der Waals surface area contributed by atoms with Crippen LogP contribution in [0.5, 0.6) is 11.5 Å². The summed E-state index contributed by atoms with van der Waals surface area (Å²) < 4.78 is 6.75. The first-order chi connectivity index (χ1) is 27.7. The van der Waals surface area contributed by atoms with Crippen molar-refractivity contribution in [2.45, 2.75) is 5.41 Å². The molecule has 0 fully saturated rings. The molecule has 0 atom stereocenters. The van der Waals surface area contributed by atoms with Crippen molar-refractivity contribution in [3.63, 3.8) is 0 Å². The molecule has 11 rings (SSSR count). The monoisotopic (exact) mass is 714 g/mol. The van der Waals surface area contributed by atoms with Gasteiger partial charge in [-0.3, -0.25) is 0 Å². The van der Waals surface area contributed by atoms with Gasteiger partial charge in [-0.05, 0) is 62.7 Å². The Kier molecular flexibility index (Phi) is 7.39. The first kappa shape index (κ1) is 32.1. The highest BCUT2D eigenvalue weighted by atomic mass is 16.5. The molecule has 0 amide bonds. The highest BCUT2D eigenvalue weighted by molar-refractivity contribution is 5.89. The molecule has 3 heteroatoms. The molecule has 3 nitrogen and oxygen atoms in total. The summed E-state index contributed by atoms with van der Waals surface area (Å²) in [4.78, 5) is 9.96. The van der Waals surface area contributed by atoms with Gasteiger partial charge in [0.15, 0.2) is 5.82 Å². The Morgan fingerprint density at radius 1 is 0.304 bits per heavy atom. The van der Waals surface area contributed by atoms with Gasteiger partial charge in [-0.2, -0.15) is 0 Å². The summed E-state index contributed by atoms with van der Waals surface area (Å²) in [6.45, 7) is 0. The number of ether oxygens (including phenoxy) is 1. The number of hydrogen-bond acceptors (Lipinski definition) is 3. The summed E-state index contributed by atoms with van der Waals surface area (Å²) in [6.07, 6.45) is 0. The Hall–Kier alpha value is -7.36. The van der Waals surface area contributed by atoms with E-state index in [2.05, 4.69) is 170 Å². The summed E-state index contributed by atoms with van der Waals surface area (Å²) in [6, 6.07) is 73.0. The second kappa shape index (κ2) is 12.9. The largest absolute Gasteiger partial charge is 0.457 e. The van der Waals surface area contributed by atoms with E-state index in [1.807, 2.05) is 36.4 Å². The van der Waals surface area contributed by atoms with Gasteiger partial charge in [-0.1, -0.05) is 188 Å². The van der Waals surface area contributed by atoms with E-state index < -0.39 is 5.41 Å². The molecule has 0 saturated carbocycles. The Balaban J connectivity index is 0.929. The summed E-state index contributed by atoms with van der Waals surface area (Å²) in [5.74, 6) is 2.51. The molecule has 8 aromatic carbocycles. The van der Waals surface area contributed by atoms with E-state index in [4.69, 9.17) is 14.7 Å². The molecule has 2 aliphatic rings. The predicted molar refractivity (Wildman–Crippen MR) is 227 cm³/mol. The Morgan fingerprint density at radius 3 is 1.34 bits per heavy atom. The predicted octanol–water partition coefficient (Wildman–Crippen LogP) is 13.3. The average Bonchev–Trinajstić information content (AvgIpc) is 3.57. The van der Waals surface area contributed by atoms with Crippen LogP contribution < -0.4 is 4.74 Å². The molecule has 0 unspecified atom stereocenters. The summed E-state index contributed by atoms with van der Waals surface area (Å²) in [5, 5.41) is 0. The molecule has 0 saturated heterocycles. The number of fused-ring (bicyclic) bond motifs is 9. The number of para-hydroxylation sites is 1. The van der Waals surface area contributed by atoms with Crippen molar-refractivity contribution in [3.05, 3.63) is 229 Å². The lowest BCUT2D eigenvalue weighted by Crippen LogP contribution is -2.32. The fourth-order valence-corrected chi connectivity index (χ4v) is 8.80. The van der Waals surface area contributed by atoms with Crippen molar-refractivity contribution in [1.82, 2.24) is 9.97 Å². The lowest BCUT2D eigenvalue weighted by Gasteiger charge is -2.39. The molecular weight excluding hydrogens is 681 g/mol. The first-order valence-electron chi connectivity index (χ1n) is 19.1. The van der Waals surface area contributed by atoms with Gasteiger partial charge >= 0.3 is 0 Å². The standard InChI is InChI=1S/C53H34N2O/c1-3-13-38(14-4-1)48-34-49(55-52(54-48)40-15-5-2-6-16-40)39-29-27-36(28-30-39)35-23-25-37(26-24-35)41-31-32-47-51(33-41)56-50-22-12-11-21-46(50)53(47)44-19-9-7-17-42(44)43-18-8-10-20-45(43)53/h1-34H. The number of rotatable bonds is 5. The fraction of sp³-hybridized carbons (Fsp3) is 0.0189. The SMILES string of the molecule is c1ccc(-c2cc(-c3ccc(-c4ccc(-c5ccc6c(c5)Oc5ccccc5C65c6ccccc6-c6ccccc65)cc4)cc3)nc(-c3ccccc3)n2)cc1. The van der Waals surface area contributed by atoms with Crippen LogP contribution in [0.1, 0.15) is 22.3 Å². The minimum absolute atomic E-state index is 0.454. The Labute approximate surface area is 326 Å². The van der Waals surface area contributed by atoms with Crippen molar-refractivity contribution in [2.24, 2.45) is 0 Å². The molecule has 1 aromatic heterocycles. The van der Waals surface area contributed by atoms with Crippen LogP contribution in [-0.4, -0.2) is 9.97 Å². The van der Waals surface area contributed by atoms with Crippen LogP contribution in [0.3, 0.4) is 0 Å². The van der Waals surface area contributed by atoms with Crippen molar-refractivity contribution in [1.29, 1.82) is 0 Å². The van der Waals surface area contributed by atoms with Crippen molar-refractivity contribution < 1.29 is 4.74 Å². The average molecular weight is 715 g/mol.